The van der Waals surface area contributed by atoms with E-state index >= 15 is 0 Å². The molecule has 0 radical (unpaired) electrons. The normalized spacial score (nSPS) is 11.3. The molecule has 21 heavy (non-hydrogen) atoms. The molecule has 2 N–H and O–H groups in total. The minimum Gasteiger partial charge on any atom is -0.331 e. The number of nitriles is 1. The maximum atomic E-state index is 13.0. The monoisotopic (exact) mass is 283 g/mol. The number of carbonyl (C=O) groups is 1. The molecule has 2 rings (SSSR count). The average molecular weight is 283 g/mol. The van der Waals surface area contributed by atoms with Crippen molar-refractivity contribution in [1.82, 2.24) is 5.32 Å². The Kier molecular flexibility index (Phi) is 4.52. The summed E-state index contributed by atoms with van der Waals surface area (Å²) in [5.41, 5.74) is 1.32. The van der Waals surface area contributed by atoms with Crippen LogP contribution >= 0.6 is 0 Å². The minimum atomic E-state index is -0.518. The summed E-state index contributed by atoms with van der Waals surface area (Å²) in [6.07, 6.45) is 0. The first kappa shape index (κ1) is 14.5. The molecule has 0 heterocycles. The van der Waals surface area contributed by atoms with Crippen molar-refractivity contribution in [1.29, 1.82) is 5.26 Å². The summed E-state index contributed by atoms with van der Waals surface area (Å²) in [5.74, 6) is -0.518. The molecule has 0 aliphatic rings. The Bertz CT molecular complexity index is 680. The molecular formula is C16H14FN3O. The van der Waals surface area contributed by atoms with Gasteiger partial charge in [-0.15, -0.1) is 0 Å². The lowest BCUT2D eigenvalue weighted by molar-refractivity contribution is 0.249. The second kappa shape index (κ2) is 6.53. The van der Waals surface area contributed by atoms with Gasteiger partial charge < -0.3 is 10.6 Å². The summed E-state index contributed by atoms with van der Waals surface area (Å²) in [5, 5.41) is 14.2. The number of anilines is 1. The number of rotatable bonds is 3. The van der Waals surface area contributed by atoms with E-state index in [1.165, 1.54) is 12.1 Å². The third kappa shape index (κ3) is 3.80. The van der Waals surface area contributed by atoms with E-state index in [0.717, 1.165) is 11.6 Å². The van der Waals surface area contributed by atoms with Gasteiger partial charge in [0, 0.05) is 0 Å². The van der Waals surface area contributed by atoms with Crippen molar-refractivity contribution in [3.8, 4) is 6.07 Å². The Labute approximate surface area is 122 Å². The van der Waals surface area contributed by atoms with Crippen LogP contribution in [0.5, 0.6) is 0 Å². The van der Waals surface area contributed by atoms with Gasteiger partial charge in [0.1, 0.15) is 11.9 Å². The summed E-state index contributed by atoms with van der Waals surface area (Å²) in [6.45, 7) is 1.85. The number of nitrogens with one attached hydrogen (secondary N) is 2. The molecule has 2 amide bonds. The molecule has 0 spiro atoms. The number of hydrogen-bond donors (Lipinski definition) is 2. The number of amides is 2. The molecule has 0 saturated heterocycles. The zero-order valence-electron chi connectivity index (χ0n) is 11.4. The van der Waals surface area contributed by atoms with Crippen LogP contribution in [0.1, 0.15) is 24.1 Å². The third-order valence-electron chi connectivity index (χ3n) is 3.00. The molecule has 0 bridgehead atoms. The van der Waals surface area contributed by atoms with Crippen LogP contribution in [0.15, 0.2) is 48.5 Å². The maximum Gasteiger partial charge on any atom is 0.319 e. The van der Waals surface area contributed by atoms with E-state index in [9.17, 15) is 9.18 Å². The van der Waals surface area contributed by atoms with Crippen LogP contribution in [0, 0.1) is 17.1 Å². The van der Waals surface area contributed by atoms with Crippen LogP contribution < -0.4 is 10.6 Å². The van der Waals surface area contributed by atoms with Crippen molar-refractivity contribution < 1.29 is 9.18 Å². The van der Waals surface area contributed by atoms with E-state index < -0.39 is 11.8 Å². The lowest BCUT2D eigenvalue weighted by atomic mass is 10.1. The van der Waals surface area contributed by atoms with Gasteiger partial charge in [0.2, 0.25) is 0 Å². The molecule has 0 aromatic heterocycles. The summed E-state index contributed by atoms with van der Waals surface area (Å²) in [6, 6.07) is 14.3. The van der Waals surface area contributed by atoms with Gasteiger partial charge in [-0.2, -0.15) is 5.26 Å². The standard InChI is InChI=1S/C16H14FN3O/c1-11(12-5-3-2-4-6-12)19-16(21)20-15-8-7-14(17)9-13(15)10-18/h2-9,11H,1H3,(H2,19,20,21). The molecule has 1 unspecified atom stereocenters. The first-order valence-corrected chi connectivity index (χ1v) is 6.42. The second-order valence-corrected chi connectivity index (χ2v) is 4.53. The molecule has 0 aliphatic carbocycles. The smallest absolute Gasteiger partial charge is 0.319 e. The van der Waals surface area contributed by atoms with Crippen LogP contribution in [-0.2, 0) is 0 Å². The van der Waals surface area contributed by atoms with Crippen molar-refractivity contribution in [2.24, 2.45) is 0 Å². The third-order valence-corrected chi connectivity index (χ3v) is 3.00. The molecule has 1 atom stereocenters. The van der Waals surface area contributed by atoms with Crippen LogP contribution in [0.2, 0.25) is 0 Å². The average Bonchev–Trinajstić information content (AvgIpc) is 2.49. The van der Waals surface area contributed by atoms with E-state index in [-0.39, 0.29) is 17.3 Å². The van der Waals surface area contributed by atoms with E-state index in [1.807, 2.05) is 43.3 Å². The zero-order chi connectivity index (χ0) is 15.2. The Hall–Kier alpha value is -2.87. The maximum absolute atomic E-state index is 13.0. The lowest BCUT2D eigenvalue weighted by Crippen LogP contribution is -2.31. The van der Waals surface area contributed by atoms with E-state index in [0.29, 0.717) is 0 Å². The summed E-state index contributed by atoms with van der Waals surface area (Å²) in [7, 11) is 0. The minimum absolute atomic E-state index is 0.0810. The number of urea groups is 1. The molecule has 2 aromatic rings. The summed E-state index contributed by atoms with van der Waals surface area (Å²) in [4.78, 5) is 11.9. The van der Waals surface area contributed by atoms with E-state index in [2.05, 4.69) is 10.6 Å². The Morgan fingerprint density at radius 1 is 1.24 bits per heavy atom. The van der Waals surface area contributed by atoms with Crippen molar-refractivity contribution in [3.63, 3.8) is 0 Å². The van der Waals surface area contributed by atoms with Gasteiger partial charge in [0.15, 0.2) is 0 Å². The predicted octanol–water partition coefficient (Wildman–Crippen LogP) is 3.58. The number of nitrogens with zero attached hydrogens (tertiary/aromatic N) is 1. The molecule has 0 aliphatic heterocycles. The first-order chi connectivity index (χ1) is 10.1. The fraction of sp³-hybridized carbons (Fsp3) is 0.125. The van der Waals surface area contributed by atoms with Gasteiger partial charge >= 0.3 is 6.03 Å². The Morgan fingerprint density at radius 2 is 1.95 bits per heavy atom. The van der Waals surface area contributed by atoms with Crippen molar-refractivity contribution in [2.45, 2.75) is 13.0 Å². The highest BCUT2D eigenvalue weighted by molar-refractivity contribution is 5.91. The van der Waals surface area contributed by atoms with Gasteiger partial charge in [-0.05, 0) is 30.7 Å². The molecule has 4 nitrogen and oxygen atoms in total. The van der Waals surface area contributed by atoms with Crippen molar-refractivity contribution in [3.05, 3.63) is 65.5 Å². The Balaban J connectivity index is 2.04. The predicted molar refractivity (Wildman–Crippen MR) is 78.1 cm³/mol. The van der Waals surface area contributed by atoms with Gasteiger partial charge in [-0.1, -0.05) is 30.3 Å². The van der Waals surface area contributed by atoms with Gasteiger partial charge in [-0.25, -0.2) is 9.18 Å². The molecule has 0 fully saturated rings. The van der Waals surface area contributed by atoms with E-state index in [1.54, 1.807) is 0 Å². The fourth-order valence-electron chi connectivity index (χ4n) is 1.90. The number of carbonyl (C=O) groups excluding carboxylic acids is 1. The van der Waals surface area contributed by atoms with Gasteiger partial charge in [0.25, 0.3) is 0 Å². The van der Waals surface area contributed by atoms with Crippen molar-refractivity contribution >= 4 is 11.7 Å². The van der Waals surface area contributed by atoms with Gasteiger partial charge in [-0.3, -0.25) is 0 Å². The molecular weight excluding hydrogens is 269 g/mol. The number of halogens is 1. The summed E-state index contributed by atoms with van der Waals surface area (Å²) >= 11 is 0. The number of benzene rings is 2. The van der Waals surface area contributed by atoms with Crippen LogP contribution in [0.3, 0.4) is 0 Å². The molecule has 2 aromatic carbocycles. The number of hydrogen-bond acceptors (Lipinski definition) is 2. The lowest BCUT2D eigenvalue weighted by Gasteiger charge is -2.15. The van der Waals surface area contributed by atoms with Crippen LogP contribution in [0.25, 0.3) is 0 Å². The van der Waals surface area contributed by atoms with Crippen LogP contribution in [-0.4, -0.2) is 6.03 Å². The van der Waals surface area contributed by atoms with Gasteiger partial charge in [0.05, 0.1) is 17.3 Å². The molecule has 0 saturated carbocycles. The Morgan fingerprint density at radius 3 is 2.62 bits per heavy atom. The summed E-state index contributed by atoms with van der Waals surface area (Å²) < 4.78 is 13.0. The highest BCUT2D eigenvalue weighted by Crippen LogP contribution is 2.17. The first-order valence-electron chi connectivity index (χ1n) is 6.42. The highest BCUT2D eigenvalue weighted by Gasteiger charge is 2.11. The molecule has 5 heteroatoms. The van der Waals surface area contributed by atoms with E-state index in [4.69, 9.17) is 5.26 Å². The fourth-order valence-corrected chi connectivity index (χ4v) is 1.90. The molecule has 106 valence electrons. The van der Waals surface area contributed by atoms with Crippen LogP contribution in [0.4, 0.5) is 14.9 Å². The largest absolute Gasteiger partial charge is 0.331 e. The second-order valence-electron chi connectivity index (χ2n) is 4.53. The zero-order valence-corrected chi connectivity index (χ0v) is 11.4. The SMILES string of the molecule is CC(NC(=O)Nc1ccc(F)cc1C#N)c1ccccc1. The highest BCUT2D eigenvalue weighted by atomic mass is 19.1. The van der Waals surface area contributed by atoms with Crippen molar-refractivity contribution in [2.75, 3.05) is 5.32 Å². The topological polar surface area (TPSA) is 64.9 Å². The quantitative estimate of drug-likeness (QED) is 0.904.